The summed E-state index contributed by atoms with van der Waals surface area (Å²) in [6, 6.07) is 12.5. The largest absolute Gasteiger partial charge is 0.397 e. The van der Waals surface area contributed by atoms with Gasteiger partial charge in [-0.3, -0.25) is 10.1 Å². The Hall–Kier alpha value is -3.02. The number of nitrogens with zero attached hydrogens (tertiary/aromatic N) is 1. The monoisotopic (exact) mass is 267 g/mol. The number of H-pyrrole nitrogens is 1. The normalized spacial score (nSPS) is 10.6. The lowest BCUT2D eigenvalue weighted by Gasteiger charge is -2.07. The molecule has 0 saturated heterocycles. The lowest BCUT2D eigenvalue weighted by Crippen LogP contribution is -2.15. The summed E-state index contributed by atoms with van der Waals surface area (Å²) in [6.45, 7) is 0. The van der Waals surface area contributed by atoms with E-state index in [1.807, 2.05) is 24.3 Å². The number of nitrogens with two attached hydrogens (primary N) is 2. The van der Waals surface area contributed by atoms with Crippen LogP contribution >= 0.6 is 0 Å². The highest BCUT2D eigenvalue weighted by atomic mass is 16.1. The van der Waals surface area contributed by atoms with Crippen molar-refractivity contribution in [3.63, 3.8) is 0 Å². The molecule has 3 rings (SSSR count). The Morgan fingerprint density at radius 1 is 1.10 bits per heavy atom. The van der Waals surface area contributed by atoms with Crippen LogP contribution in [0, 0.1) is 0 Å². The fourth-order valence-electron chi connectivity index (χ4n) is 1.97. The van der Waals surface area contributed by atoms with E-state index in [2.05, 4.69) is 15.3 Å². The molecule has 20 heavy (non-hydrogen) atoms. The molecule has 1 heterocycles. The molecule has 6 nitrogen and oxygen atoms in total. The van der Waals surface area contributed by atoms with Crippen LogP contribution < -0.4 is 16.8 Å². The van der Waals surface area contributed by atoms with Crippen LogP contribution in [0.3, 0.4) is 0 Å². The van der Waals surface area contributed by atoms with E-state index >= 15 is 0 Å². The summed E-state index contributed by atoms with van der Waals surface area (Å²) in [5.74, 6) is 0.0203. The van der Waals surface area contributed by atoms with E-state index in [1.165, 1.54) is 0 Å². The quantitative estimate of drug-likeness (QED) is 0.532. The maximum absolute atomic E-state index is 12.2. The van der Waals surface area contributed by atoms with Gasteiger partial charge >= 0.3 is 0 Å². The van der Waals surface area contributed by atoms with Gasteiger partial charge in [-0.05, 0) is 24.3 Å². The minimum absolute atomic E-state index is 0.265. The fourth-order valence-corrected chi connectivity index (χ4v) is 1.97. The molecule has 6 heteroatoms. The molecule has 0 aliphatic carbocycles. The van der Waals surface area contributed by atoms with Gasteiger partial charge in [-0.2, -0.15) is 0 Å². The number of aromatic amines is 1. The topological polar surface area (TPSA) is 110 Å². The summed E-state index contributed by atoms with van der Waals surface area (Å²) in [6.07, 6.45) is 0. The third kappa shape index (κ3) is 2.03. The second kappa shape index (κ2) is 4.58. The lowest BCUT2D eigenvalue weighted by molar-refractivity contribution is 0.102. The molecule has 0 radical (unpaired) electrons. The number of nitrogens with one attached hydrogen (secondary N) is 2. The van der Waals surface area contributed by atoms with Crippen LogP contribution in [0.1, 0.15) is 10.4 Å². The number of carbonyl (C=O) groups excluding carboxylic acids is 1. The smallest absolute Gasteiger partial charge is 0.260 e. The van der Waals surface area contributed by atoms with Gasteiger partial charge in [-0.25, -0.2) is 4.98 Å². The number of imidazole rings is 1. The van der Waals surface area contributed by atoms with Gasteiger partial charge in [0.05, 0.1) is 28.0 Å². The average molecular weight is 267 g/mol. The van der Waals surface area contributed by atoms with Crippen LogP contribution in [-0.2, 0) is 0 Å². The number of benzene rings is 2. The first-order valence-corrected chi connectivity index (χ1v) is 6.05. The van der Waals surface area contributed by atoms with Crippen molar-refractivity contribution >= 4 is 34.3 Å². The number of anilines is 3. The highest BCUT2D eigenvalue weighted by molar-refractivity contribution is 6.08. The Labute approximate surface area is 114 Å². The Bertz CT molecular complexity index is 760. The third-order valence-corrected chi connectivity index (χ3v) is 3.01. The molecule has 0 saturated carbocycles. The van der Waals surface area contributed by atoms with Gasteiger partial charge in [0.1, 0.15) is 0 Å². The standard InChI is InChI=1S/C14H13N5O/c15-9-5-3-4-8(12(9)16)13(20)19-14-17-10-6-1-2-7-11(10)18-14/h1-7H,15-16H2,(H2,17,18,19,20). The van der Waals surface area contributed by atoms with E-state index in [1.54, 1.807) is 18.2 Å². The van der Waals surface area contributed by atoms with Gasteiger partial charge in [0.25, 0.3) is 5.91 Å². The van der Waals surface area contributed by atoms with Crippen LogP contribution in [0.4, 0.5) is 17.3 Å². The van der Waals surface area contributed by atoms with E-state index in [9.17, 15) is 4.79 Å². The molecule has 0 unspecified atom stereocenters. The molecular formula is C14H13N5O. The van der Waals surface area contributed by atoms with Crippen LogP contribution in [0.5, 0.6) is 0 Å². The molecule has 0 fully saturated rings. The van der Waals surface area contributed by atoms with Crippen molar-refractivity contribution in [2.24, 2.45) is 0 Å². The van der Waals surface area contributed by atoms with E-state index in [0.29, 0.717) is 17.2 Å². The summed E-state index contributed by atoms with van der Waals surface area (Å²) in [5, 5.41) is 2.67. The number of hydrogen-bond donors (Lipinski definition) is 4. The number of rotatable bonds is 2. The zero-order valence-electron chi connectivity index (χ0n) is 10.6. The number of hydrogen-bond acceptors (Lipinski definition) is 4. The number of amides is 1. The summed E-state index contributed by atoms with van der Waals surface area (Å²) in [5.41, 5.74) is 14.1. The predicted octanol–water partition coefficient (Wildman–Crippen LogP) is 1.98. The SMILES string of the molecule is Nc1cccc(C(=O)Nc2nc3ccccc3[nH]2)c1N. The van der Waals surface area contributed by atoms with Gasteiger partial charge in [-0.15, -0.1) is 0 Å². The van der Waals surface area contributed by atoms with Gasteiger partial charge in [0.15, 0.2) is 0 Å². The molecule has 6 N–H and O–H groups in total. The van der Waals surface area contributed by atoms with Crippen molar-refractivity contribution in [2.45, 2.75) is 0 Å². The summed E-state index contributed by atoms with van der Waals surface area (Å²) < 4.78 is 0. The van der Waals surface area contributed by atoms with Crippen molar-refractivity contribution < 1.29 is 4.79 Å². The first-order valence-electron chi connectivity index (χ1n) is 6.05. The van der Waals surface area contributed by atoms with Gasteiger partial charge in [0.2, 0.25) is 5.95 Å². The molecule has 0 aliphatic heterocycles. The molecular weight excluding hydrogens is 254 g/mol. The highest BCUT2D eigenvalue weighted by Gasteiger charge is 2.13. The van der Waals surface area contributed by atoms with Crippen molar-refractivity contribution in [1.29, 1.82) is 0 Å². The van der Waals surface area contributed by atoms with E-state index in [4.69, 9.17) is 11.5 Å². The van der Waals surface area contributed by atoms with Crippen molar-refractivity contribution in [3.8, 4) is 0 Å². The van der Waals surface area contributed by atoms with Crippen molar-refractivity contribution in [3.05, 3.63) is 48.0 Å². The van der Waals surface area contributed by atoms with Crippen LogP contribution in [0.25, 0.3) is 11.0 Å². The zero-order valence-corrected chi connectivity index (χ0v) is 10.6. The van der Waals surface area contributed by atoms with Crippen LogP contribution in [0.15, 0.2) is 42.5 Å². The molecule has 1 amide bonds. The summed E-state index contributed by atoms with van der Waals surface area (Å²) in [7, 11) is 0. The predicted molar refractivity (Wildman–Crippen MR) is 79.3 cm³/mol. The molecule has 0 aliphatic rings. The van der Waals surface area contributed by atoms with E-state index in [-0.39, 0.29) is 11.6 Å². The minimum Gasteiger partial charge on any atom is -0.397 e. The zero-order chi connectivity index (χ0) is 14.1. The second-order valence-electron chi connectivity index (χ2n) is 4.37. The molecule has 0 atom stereocenters. The van der Waals surface area contributed by atoms with E-state index < -0.39 is 0 Å². The number of carbonyl (C=O) groups is 1. The first kappa shape index (κ1) is 12.0. The van der Waals surface area contributed by atoms with E-state index in [0.717, 1.165) is 11.0 Å². The number of para-hydroxylation sites is 3. The Morgan fingerprint density at radius 3 is 2.70 bits per heavy atom. The summed E-state index contributed by atoms with van der Waals surface area (Å²) in [4.78, 5) is 19.4. The maximum Gasteiger partial charge on any atom is 0.260 e. The molecule has 0 spiro atoms. The summed E-state index contributed by atoms with van der Waals surface area (Å²) >= 11 is 0. The lowest BCUT2D eigenvalue weighted by atomic mass is 10.1. The molecule has 2 aromatic carbocycles. The van der Waals surface area contributed by atoms with Crippen molar-refractivity contribution in [2.75, 3.05) is 16.8 Å². The van der Waals surface area contributed by atoms with Gasteiger partial charge < -0.3 is 16.5 Å². The van der Waals surface area contributed by atoms with Gasteiger partial charge in [-0.1, -0.05) is 18.2 Å². The number of aromatic nitrogens is 2. The second-order valence-corrected chi connectivity index (χ2v) is 4.37. The Kier molecular flexibility index (Phi) is 2.76. The number of fused-ring (bicyclic) bond motifs is 1. The fraction of sp³-hybridized carbons (Fsp3) is 0. The molecule has 1 aromatic heterocycles. The molecule has 100 valence electrons. The Balaban J connectivity index is 1.90. The third-order valence-electron chi connectivity index (χ3n) is 3.01. The van der Waals surface area contributed by atoms with Crippen molar-refractivity contribution in [1.82, 2.24) is 9.97 Å². The van der Waals surface area contributed by atoms with Crippen LogP contribution in [0.2, 0.25) is 0 Å². The molecule has 0 bridgehead atoms. The maximum atomic E-state index is 12.2. The van der Waals surface area contributed by atoms with Gasteiger partial charge in [0, 0.05) is 0 Å². The minimum atomic E-state index is -0.353. The highest BCUT2D eigenvalue weighted by Crippen LogP contribution is 2.21. The molecule has 3 aromatic rings. The number of nitrogen functional groups attached to an aromatic ring is 2. The Morgan fingerprint density at radius 2 is 1.90 bits per heavy atom. The average Bonchev–Trinajstić information content (AvgIpc) is 2.83. The van der Waals surface area contributed by atoms with Crippen LogP contribution in [-0.4, -0.2) is 15.9 Å². The first-order chi connectivity index (χ1) is 9.65.